The maximum absolute atomic E-state index is 11.9. The van der Waals surface area contributed by atoms with Crippen molar-refractivity contribution in [2.75, 3.05) is 5.32 Å². The van der Waals surface area contributed by atoms with E-state index in [1.54, 1.807) is 12.1 Å². The van der Waals surface area contributed by atoms with Crippen LogP contribution < -0.4 is 10.1 Å². The van der Waals surface area contributed by atoms with E-state index in [9.17, 15) is 17.8 Å². The van der Waals surface area contributed by atoms with Crippen molar-refractivity contribution in [1.82, 2.24) is 0 Å². The van der Waals surface area contributed by atoms with Crippen LogP contribution in [-0.4, -0.2) is 18.9 Å². The Morgan fingerprint density at radius 3 is 2.37 bits per heavy atom. The third kappa shape index (κ3) is 6.08. The number of anilines is 1. The zero-order valence-electron chi connectivity index (χ0n) is 15.6. The number of nitrogens with one attached hydrogen (secondary N) is 1. The molecular formula is C20H25NO5S. The average Bonchev–Trinajstić information content (AvgIpc) is 2.60. The molecule has 0 unspecified atom stereocenters. The quantitative estimate of drug-likeness (QED) is 0.473. The van der Waals surface area contributed by atoms with Gasteiger partial charge < -0.3 is 10.1 Å². The van der Waals surface area contributed by atoms with Gasteiger partial charge in [0.05, 0.1) is 10.6 Å². The van der Waals surface area contributed by atoms with E-state index >= 15 is 0 Å². The predicted molar refractivity (Wildman–Crippen MR) is 105 cm³/mol. The summed E-state index contributed by atoms with van der Waals surface area (Å²) in [5.74, 6) is 0.533. The van der Waals surface area contributed by atoms with Crippen molar-refractivity contribution in [3.05, 3.63) is 48.0 Å². The van der Waals surface area contributed by atoms with Crippen molar-refractivity contribution < 1.29 is 22.5 Å². The largest absolute Gasteiger partial charge is 0.455 e. The molecule has 0 fully saturated rings. The minimum atomic E-state index is -4.43. The first-order chi connectivity index (χ1) is 12.8. The molecule has 0 aliphatic heterocycles. The molecule has 0 bridgehead atoms. The second-order valence-electron chi connectivity index (χ2n) is 6.30. The van der Waals surface area contributed by atoms with Crippen LogP contribution in [0, 0.1) is 0 Å². The molecule has 7 heteroatoms. The number of para-hydroxylation sites is 1. The molecule has 0 aliphatic carbocycles. The Hall–Kier alpha value is -2.38. The minimum absolute atomic E-state index is 0.205. The Kier molecular flexibility index (Phi) is 7.38. The van der Waals surface area contributed by atoms with Crippen molar-refractivity contribution in [2.45, 2.75) is 50.8 Å². The third-order valence-corrected chi connectivity index (χ3v) is 5.00. The summed E-state index contributed by atoms with van der Waals surface area (Å²) in [5, 5.41) is 2.68. The molecule has 27 heavy (non-hydrogen) atoms. The highest BCUT2D eigenvalue weighted by Gasteiger charge is 2.22. The number of amides is 1. The Labute approximate surface area is 160 Å². The Morgan fingerprint density at radius 1 is 1.07 bits per heavy atom. The number of ether oxygens (including phenoxy) is 1. The highest BCUT2D eigenvalue weighted by atomic mass is 32.2. The number of carbonyl (C=O) groups is 1. The molecule has 146 valence electrons. The zero-order valence-corrected chi connectivity index (χ0v) is 16.4. The van der Waals surface area contributed by atoms with Gasteiger partial charge in [-0.15, -0.1) is 0 Å². The van der Waals surface area contributed by atoms with Crippen LogP contribution in [0.5, 0.6) is 11.5 Å². The maximum Gasteiger partial charge on any atom is 0.294 e. The van der Waals surface area contributed by atoms with Crippen LogP contribution >= 0.6 is 0 Å². The summed E-state index contributed by atoms with van der Waals surface area (Å²) in [6, 6.07) is 11.7. The summed E-state index contributed by atoms with van der Waals surface area (Å²) >= 11 is 0. The van der Waals surface area contributed by atoms with Gasteiger partial charge in [-0.3, -0.25) is 9.35 Å². The van der Waals surface area contributed by atoms with Crippen LogP contribution in [0.3, 0.4) is 0 Å². The van der Waals surface area contributed by atoms with Crippen molar-refractivity contribution in [2.24, 2.45) is 0 Å². The summed E-state index contributed by atoms with van der Waals surface area (Å²) in [6.45, 7) is 3.42. The fourth-order valence-corrected chi connectivity index (χ4v) is 3.59. The minimum Gasteiger partial charge on any atom is -0.455 e. The molecule has 0 spiro atoms. The molecule has 6 nitrogen and oxygen atoms in total. The van der Waals surface area contributed by atoms with E-state index < -0.39 is 10.1 Å². The highest BCUT2D eigenvalue weighted by Crippen LogP contribution is 2.37. The lowest BCUT2D eigenvalue weighted by Gasteiger charge is -2.18. The van der Waals surface area contributed by atoms with Crippen LogP contribution in [-0.2, 0) is 21.3 Å². The fourth-order valence-electron chi connectivity index (χ4n) is 2.84. The van der Waals surface area contributed by atoms with Gasteiger partial charge in [-0.1, -0.05) is 44.4 Å². The maximum atomic E-state index is 11.9. The lowest BCUT2D eigenvalue weighted by atomic mass is 10.0. The summed E-state index contributed by atoms with van der Waals surface area (Å²) in [7, 11) is -4.43. The van der Waals surface area contributed by atoms with Gasteiger partial charge in [0.15, 0.2) is 5.75 Å². The van der Waals surface area contributed by atoms with Crippen LogP contribution in [0.4, 0.5) is 5.69 Å². The summed E-state index contributed by atoms with van der Waals surface area (Å²) in [4.78, 5) is 11.5. The average molecular weight is 391 g/mol. The lowest BCUT2D eigenvalue weighted by Crippen LogP contribution is -2.13. The monoisotopic (exact) mass is 391 g/mol. The van der Waals surface area contributed by atoms with Gasteiger partial charge in [0.2, 0.25) is 5.91 Å². The van der Waals surface area contributed by atoms with Gasteiger partial charge in [0, 0.05) is 12.5 Å². The normalized spacial score (nSPS) is 11.2. The highest BCUT2D eigenvalue weighted by molar-refractivity contribution is 7.85. The zero-order chi connectivity index (χ0) is 19.9. The lowest BCUT2D eigenvalue weighted by molar-refractivity contribution is -0.114. The van der Waals surface area contributed by atoms with E-state index in [-0.39, 0.29) is 16.5 Å². The fraction of sp³-hybridized carbons (Fsp3) is 0.350. The molecular weight excluding hydrogens is 366 g/mol. The molecule has 0 saturated heterocycles. The number of hydrogen-bond acceptors (Lipinski definition) is 4. The summed E-state index contributed by atoms with van der Waals surface area (Å²) in [5.41, 5.74) is 0.634. The SMILES string of the molecule is CCCCCCc1c(S(=O)(=O)O)ccc(Oc2ccccc2)c1NC(C)=O. The van der Waals surface area contributed by atoms with Crippen molar-refractivity contribution in [3.63, 3.8) is 0 Å². The van der Waals surface area contributed by atoms with Crippen molar-refractivity contribution in [3.8, 4) is 11.5 Å². The molecule has 0 aromatic heterocycles. The van der Waals surface area contributed by atoms with Gasteiger partial charge in [-0.25, -0.2) is 0 Å². The second-order valence-corrected chi connectivity index (χ2v) is 7.69. The topological polar surface area (TPSA) is 92.7 Å². The molecule has 2 rings (SSSR count). The van der Waals surface area contributed by atoms with Crippen molar-refractivity contribution >= 4 is 21.7 Å². The van der Waals surface area contributed by atoms with Gasteiger partial charge in [0.1, 0.15) is 5.75 Å². The number of hydrogen-bond donors (Lipinski definition) is 2. The summed E-state index contributed by atoms with van der Waals surface area (Å²) < 4.78 is 39.2. The number of unbranched alkanes of at least 4 members (excludes halogenated alkanes) is 3. The van der Waals surface area contributed by atoms with Crippen LogP contribution in [0.1, 0.15) is 45.1 Å². The number of carbonyl (C=O) groups excluding carboxylic acids is 1. The first kappa shape index (κ1) is 20.9. The van der Waals surface area contributed by atoms with Crippen LogP contribution in [0.25, 0.3) is 0 Å². The van der Waals surface area contributed by atoms with E-state index in [1.165, 1.54) is 19.1 Å². The first-order valence-corrected chi connectivity index (χ1v) is 10.4. The smallest absolute Gasteiger partial charge is 0.294 e. The van der Waals surface area contributed by atoms with E-state index in [0.29, 0.717) is 23.5 Å². The van der Waals surface area contributed by atoms with Gasteiger partial charge >= 0.3 is 0 Å². The van der Waals surface area contributed by atoms with E-state index in [4.69, 9.17) is 4.74 Å². The number of rotatable bonds is 9. The third-order valence-electron chi connectivity index (χ3n) is 4.06. The van der Waals surface area contributed by atoms with Gasteiger partial charge in [0.25, 0.3) is 10.1 Å². The number of benzene rings is 2. The Morgan fingerprint density at radius 2 is 1.78 bits per heavy atom. The molecule has 0 heterocycles. The molecule has 0 atom stereocenters. The predicted octanol–water partition coefficient (Wildman–Crippen LogP) is 4.81. The van der Waals surface area contributed by atoms with Crippen LogP contribution in [0.2, 0.25) is 0 Å². The van der Waals surface area contributed by atoms with E-state index in [1.807, 2.05) is 18.2 Å². The standard InChI is InChI=1S/C20H25NO5S/c1-3-4-5-9-12-17-19(27(23,24)25)14-13-18(20(17)21-15(2)22)26-16-10-7-6-8-11-16/h6-8,10-11,13-14H,3-5,9,12H2,1-2H3,(H,21,22)(H,23,24,25). The van der Waals surface area contributed by atoms with E-state index in [0.717, 1.165) is 25.7 Å². The van der Waals surface area contributed by atoms with Crippen molar-refractivity contribution in [1.29, 1.82) is 0 Å². The molecule has 2 aromatic carbocycles. The summed E-state index contributed by atoms with van der Waals surface area (Å²) in [6.07, 6.45) is 4.12. The molecule has 0 aliphatic rings. The second kappa shape index (κ2) is 9.53. The Bertz CT molecular complexity index is 879. The molecule has 2 aromatic rings. The van der Waals surface area contributed by atoms with Gasteiger partial charge in [-0.2, -0.15) is 8.42 Å². The first-order valence-electron chi connectivity index (χ1n) is 8.96. The molecule has 0 saturated carbocycles. The van der Waals surface area contributed by atoms with Crippen LogP contribution in [0.15, 0.2) is 47.4 Å². The molecule has 0 radical (unpaired) electrons. The van der Waals surface area contributed by atoms with E-state index in [2.05, 4.69) is 12.2 Å². The Balaban J connectivity index is 2.51. The molecule has 2 N–H and O–H groups in total. The molecule has 1 amide bonds. The van der Waals surface area contributed by atoms with Gasteiger partial charge in [-0.05, 0) is 37.1 Å².